The van der Waals surface area contributed by atoms with Crippen molar-refractivity contribution in [2.45, 2.75) is 30.8 Å². The number of para-hydroxylation sites is 1. The lowest BCUT2D eigenvalue weighted by molar-refractivity contribution is 0.603. The minimum absolute atomic E-state index is 0.108. The normalized spacial score (nSPS) is 11.6. The molecule has 0 aliphatic rings. The van der Waals surface area contributed by atoms with Gasteiger partial charge in [-0.05, 0) is 18.6 Å². The number of H-pyrrole nitrogens is 1. The zero-order valence-corrected chi connectivity index (χ0v) is 15.2. The van der Waals surface area contributed by atoms with Crippen LogP contribution in [-0.2, 0) is 19.3 Å². The molecule has 0 fully saturated rings. The van der Waals surface area contributed by atoms with E-state index in [1.165, 1.54) is 16.3 Å². The van der Waals surface area contributed by atoms with Crippen LogP contribution < -0.4 is 11.2 Å². The van der Waals surface area contributed by atoms with Crippen molar-refractivity contribution in [1.29, 1.82) is 0 Å². The minimum atomic E-state index is -0.215. The van der Waals surface area contributed by atoms with Crippen LogP contribution in [0.15, 0.2) is 39.0 Å². The van der Waals surface area contributed by atoms with E-state index >= 15 is 0 Å². The highest BCUT2D eigenvalue weighted by atomic mass is 32.2. The predicted octanol–water partition coefficient (Wildman–Crippen LogP) is 1.17. The largest absolute Gasteiger partial charge is 0.343 e. The molecule has 4 aromatic rings. The topological polar surface area (TPSA) is 103 Å². The Morgan fingerprint density at radius 2 is 2.00 bits per heavy atom. The molecule has 0 saturated heterocycles. The number of thioether (sulfide) groups is 1. The van der Waals surface area contributed by atoms with E-state index in [0.29, 0.717) is 34.4 Å². The number of aromatic nitrogens is 7. The number of benzene rings is 1. The van der Waals surface area contributed by atoms with Crippen LogP contribution in [0.5, 0.6) is 0 Å². The van der Waals surface area contributed by atoms with Crippen molar-refractivity contribution >= 4 is 28.4 Å². The van der Waals surface area contributed by atoms with Gasteiger partial charge in [0.25, 0.3) is 5.56 Å². The summed E-state index contributed by atoms with van der Waals surface area (Å²) in [6, 6.07) is 7.38. The Morgan fingerprint density at radius 3 is 2.81 bits per heavy atom. The molecule has 0 atom stereocenters. The third-order valence-electron chi connectivity index (χ3n) is 4.19. The van der Waals surface area contributed by atoms with Crippen LogP contribution in [0, 0.1) is 0 Å². The van der Waals surface area contributed by atoms with Gasteiger partial charge in [0.05, 0.1) is 16.7 Å². The van der Waals surface area contributed by atoms with E-state index in [-0.39, 0.29) is 11.2 Å². The summed E-state index contributed by atoms with van der Waals surface area (Å²) in [6.07, 6.45) is 0.841. The maximum atomic E-state index is 12.5. The number of aromatic amines is 1. The summed E-state index contributed by atoms with van der Waals surface area (Å²) in [5.41, 5.74) is 0.441. The molecule has 1 aromatic carbocycles. The number of nitrogens with one attached hydrogen (secondary N) is 1. The van der Waals surface area contributed by atoms with Crippen LogP contribution in [-0.4, -0.2) is 33.9 Å². The summed E-state index contributed by atoms with van der Waals surface area (Å²) in [6.45, 7) is 2.61. The van der Waals surface area contributed by atoms with Gasteiger partial charge in [0, 0.05) is 13.6 Å². The van der Waals surface area contributed by atoms with Crippen molar-refractivity contribution in [3.05, 3.63) is 50.9 Å². The second-order valence-corrected chi connectivity index (χ2v) is 6.83. The second kappa shape index (κ2) is 6.45. The van der Waals surface area contributed by atoms with Crippen LogP contribution in [0.3, 0.4) is 0 Å². The maximum absolute atomic E-state index is 12.5. The Bertz CT molecular complexity index is 1220. The van der Waals surface area contributed by atoms with Gasteiger partial charge in [-0.1, -0.05) is 30.8 Å². The highest BCUT2D eigenvalue weighted by Crippen LogP contribution is 2.21. The van der Waals surface area contributed by atoms with Gasteiger partial charge in [-0.25, -0.2) is 9.89 Å². The fourth-order valence-electron chi connectivity index (χ4n) is 2.95. The summed E-state index contributed by atoms with van der Waals surface area (Å²) in [4.78, 5) is 24.3. The number of nitrogens with zero attached hydrogens (tertiary/aromatic N) is 6. The van der Waals surface area contributed by atoms with Crippen LogP contribution in [0.2, 0.25) is 0 Å². The van der Waals surface area contributed by atoms with Gasteiger partial charge >= 0.3 is 5.69 Å². The van der Waals surface area contributed by atoms with E-state index in [1.807, 2.05) is 29.5 Å². The zero-order chi connectivity index (χ0) is 18.3. The average molecular weight is 371 g/mol. The molecule has 0 amide bonds. The van der Waals surface area contributed by atoms with Crippen LogP contribution >= 0.6 is 11.8 Å². The van der Waals surface area contributed by atoms with Crippen LogP contribution in [0.4, 0.5) is 0 Å². The van der Waals surface area contributed by atoms with Gasteiger partial charge in [-0.2, -0.15) is 0 Å². The van der Waals surface area contributed by atoms with Crippen molar-refractivity contribution in [2.75, 3.05) is 0 Å². The number of hydrogen-bond acceptors (Lipinski definition) is 6. The van der Waals surface area contributed by atoms with E-state index in [0.717, 1.165) is 11.9 Å². The quantitative estimate of drug-likeness (QED) is 0.528. The van der Waals surface area contributed by atoms with Gasteiger partial charge in [-0.15, -0.1) is 15.3 Å². The standard InChI is InChI=1S/C16H17N7O2S/c1-3-8-22-15(25)19-20-16(22)26-9-12-17-18-14-21(2)13(24)10-6-4-5-7-11(10)23(12)14/h4-7H,3,8-9H2,1-2H3,(H,19,25). The molecule has 0 unspecified atom stereocenters. The molecule has 0 saturated carbocycles. The molecule has 4 rings (SSSR count). The molecule has 0 spiro atoms. The van der Waals surface area contributed by atoms with E-state index in [1.54, 1.807) is 17.7 Å². The monoisotopic (exact) mass is 371 g/mol. The van der Waals surface area contributed by atoms with Crippen LogP contribution in [0.1, 0.15) is 19.2 Å². The molecule has 0 radical (unpaired) electrons. The number of hydrogen-bond donors (Lipinski definition) is 1. The van der Waals surface area contributed by atoms with E-state index in [9.17, 15) is 9.59 Å². The number of rotatable bonds is 5. The smallest absolute Gasteiger partial charge is 0.279 e. The maximum Gasteiger partial charge on any atom is 0.343 e. The Hall–Kier alpha value is -2.88. The van der Waals surface area contributed by atoms with Gasteiger partial charge in [0.15, 0.2) is 5.16 Å². The van der Waals surface area contributed by atoms with Crippen molar-refractivity contribution in [1.82, 2.24) is 33.9 Å². The van der Waals surface area contributed by atoms with Crippen LogP contribution in [0.25, 0.3) is 16.7 Å². The molecular formula is C16H17N7O2S. The Kier molecular flexibility index (Phi) is 4.11. The molecule has 0 aliphatic carbocycles. The van der Waals surface area contributed by atoms with Gasteiger partial charge < -0.3 is 0 Å². The lowest BCUT2D eigenvalue weighted by atomic mass is 10.2. The number of aryl methyl sites for hydroxylation is 1. The first-order valence-electron chi connectivity index (χ1n) is 8.21. The summed E-state index contributed by atoms with van der Waals surface area (Å²) >= 11 is 1.41. The summed E-state index contributed by atoms with van der Waals surface area (Å²) in [5.74, 6) is 1.64. The molecule has 134 valence electrons. The summed E-state index contributed by atoms with van der Waals surface area (Å²) in [7, 11) is 1.68. The summed E-state index contributed by atoms with van der Waals surface area (Å²) < 4.78 is 4.98. The van der Waals surface area contributed by atoms with Gasteiger partial charge in [-0.3, -0.25) is 18.3 Å². The molecule has 3 heterocycles. The fourth-order valence-corrected chi connectivity index (χ4v) is 3.83. The van der Waals surface area contributed by atoms with Crippen molar-refractivity contribution in [2.24, 2.45) is 7.05 Å². The van der Waals surface area contributed by atoms with E-state index in [4.69, 9.17) is 0 Å². The Labute approximate surface area is 151 Å². The summed E-state index contributed by atoms with van der Waals surface area (Å²) in [5, 5.41) is 16.2. The van der Waals surface area contributed by atoms with E-state index in [2.05, 4.69) is 20.4 Å². The predicted molar refractivity (Wildman–Crippen MR) is 98.4 cm³/mol. The molecule has 26 heavy (non-hydrogen) atoms. The second-order valence-electron chi connectivity index (χ2n) is 5.88. The molecule has 0 aliphatic heterocycles. The SMILES string of the molecule is CCCn1c(SCc2nnc3n(C)c(=O)c4ccccc4n23)n[nH]c1=O. The molecule has 3 aromatic heterocycles. The third-order valence-corrected chi connectivity index (χ3v) is 5.17. The lowest BCUT2D eigenvalue weighted by Crippen LogP contribution is -2.20. The molecule has 1 N–H and O–H groups in total. The molecule has 0 bridgehead atoms. The first-order chi connectivity index (χ1) is 12.6. The molecule has 10 heteroatoms. The number of fused-ring (bicyclic) bond motifs is 3. The molecule has 9 nitrogen and oxygen atoms in total. The van der Waals surface area contributed by atoms with Gasteiger partial charge in [0.2, 0.25) is 5.78 Å². The Balaban J connectivity index is 1.79. The molecular weight excluding hydrogens is 354 g/mol. The third kappa shape index (κ3) is 2.53. The minimum Gasteiger partial charge on any atom is -0.279 e. The Morgan fingerprint density at radius 1 is 1.19 bits per heavy atom. The first kappa shape index (κ1) is 16.6. The fraction of sp³-hybridized carbons (Fsp3) is 0.312. The zero-order valence-electron chi connectivity index (χ0n) is 14.3. The van der Waals surface area contributed by atoms with Crippen molar-refractivity contribution < 1.29 is 0 Å². The van der Waals surface area contributed by atoms with E-state index < -0.39 is 0 Å². The first-order valence-corrected chi connectivity index (χ1v) is 9.20. The lowest BCUT2D eigenvalue weighted by Gasteiger charge is -2.07. The average Bonchev–Trinajstić information content (AvgIpc) is 3.23. The van der Waals surface area contributed by atoms with Crippen molar-refractivity contribution in [3.63, 3.8) is 0 Å². The highest BCUT2D eigenvalue weighted by molar-refractivity contribution is 7.98. The van der Waals surface area contributed by atoms with Crippen molar-refractivity contribution in [3.8, 4) is 0 Å². The highest BCUT2D eigenvalue weighted by Gasteiger charge is 2.16. The van der Waals surface area contributed by atoms with Gasteiger partial charge in [0.1, 0.15) is 5.82 Å².